The summed E-state index contributed by atoms with van der Waals surface area (Å²) in [6, 6.07) is 10.1. The normalized spacial score (nSPS) is 13.9. The van der Waals surface area contributed by atoms with E-state index in [1.807, 2.05) is 24.3 Å². The first kappa shape index (κ1) is 25.5. The fourth-order valence-corrected chi connectivity index (χ4v) is 4.84. The molecular weight excluding hydrogens is 515 g/mol. The molecule has 2 aromatic heterocycles. The molecule has 1 aliphatic heterocycles. The maximum atomic E-state index is 15.1. The van der Waals surface area contributed by atoms with Gasteiger partial charge >= 0.3 is 0 Å². The third-order valence-electron chi connectivity index (χ3n) is 6.14. The maximum absolute atomic E-state index is 15.1. The molecule has 0 unspecified atom stereocenters. The number of thiophene rings is 1. The van der Waals surface area contributed by atoms with Crippen LogP contribution in [-0.2, 0) is 4.79 Å². The minimum atomic E-state index is -1.45. The first-order chi connectivity index (χ1) is 18.3. The van der Waals surface area contributed by atoms with Crippen LogP contribution < -0.4 is 20.9 Å². The summed E-state index contributed by atoms with van der Waals surface area (Å²) in [7, 11) is 2.11. The molecule has 0 spiro atoms. The van der Waals surface area contributed by atoms with Crippen LogP contribution in [0.1, 0.15) is 0 Å². The highest BCUT2D eigenvalue weighted by Gasteiger charge is 2.22. The van der Waals surface area contributed by atoms with E-state index < -0.39 is 34.7 Å². The van der Waals surface area contributed by atoms with Crippen molar-refractivity contribution in [3.8, 4) is 0 Å². The smallest absolute Gasteiger partial charge is 0.247 e. The maximum Gasteiger partial charge on any atom is 0.247 e. The van der Waals surface area contributed by atoms with Gasteiger partial charge in [-0.2, -0.15) is 4.98 Å². The molecule has 3 N–H and O–H groups in total. The molecule has 5 rings (SSSR count). The lowest BCUT2D eigenvalue weighted by Gasteiger charge is -2.34. The number of anilines is 6. The molecule has 1 saturated heterocycles. The largest absolute Gasteiger partial charge is 0.369 e. The third kappa shape index (κ3) is 5.27. The number of fused-ring (bicyclic) bond motifs is 1. The highest BCUT2D eigenvalue weighted by molar-refractivity contribution is 7.17. The topological polar surface area (TPSA) is 85.4 Å². The monoisotopic (exact) mass is 539 g/mol. The molecule has 4 aromatic rings. The number of likely N-dealkylation sites (N-methyl/N-ethyl adjacent to an activating group) is 1. The number of nitrogens with zero attached hydrogens (tertiary/aromatic N) is 4. The second-order valence-electron chi connectivity index (χ2n) is 8.72. The van der Waals surface area contributed by atoms with E-state index in [9.17, 15) is 13.6 Å². The van der Waals surface area contributed by atoms with Crippen molar-refractivity contribution in [2.45, 2.75) is 0 Å². The zero-order chi connectivity index (χ0) is 26.8. The number of amides is 1. The van der Waals surface area contributed by atoms with Crippen molar-refractivity contribution in [2.75, 3.05) is 54.1 Å². The van der Waals surface area contributed by atoms with Crippen LogP contribution >= 0.6 is 11.3 Å². The lowest BCUT2D eigenvalue weighted by molar-refractivity contribution is -0.111. The van der Waals surface area contributed by atoms with Crippen LogP contribution in [-0.4, -0.2) is 54.0 Å². The average Bonchev–Trinajstić information content (AvgIpc) is 3.39. The number of hydrogen-bond donors (Lipinski definition) is 3. The first-order valence-corrected chi connectivity index (χ1v) is 12.6. The molecule has 2 aromatic carbocycles. The Balaban J connectivity index is 1.42. The number of benzene rings is 2. The number of nitrogens with one attached hydrogen (secondary N) is 3. The zero-order valence-electron chi connectivity index (χ0n) is 20.4. The van der Waals surface area contributed by atoms with Gasteiger partial charge in [-0.3, -0.25) is 4.79 Å². The molecule has 0 bridgehead atoms. The van der Waals surface area contributed by atoms with E-state index in [0.717, 1.165) is 43.6 Å². The number of hydrogen-bond acceptors (Lipinski definition) is 8. The predicted octanol–water partition coefficient (Wildman–Crippen LogP) is 5.47. The van der Waals surface area contributed by atoms with Crippen molar-refractivity contribution in [1.29, 1.82) is 0 Å². The highest BCUT2D eigenvalue weighted by atomic mass is 32.1. The Morgan fingerprint density at radius 1 is 1.03 bits per heavy atom. The van der Waals surface area contributed by atoms with Crippen LogP contribution in [0.3, 0.4) is 0 Å². The Morgan fingerprint density at radius 2 is 1.76 bits per heavy atom. The minimum absolute atomic E-state index is 0.0750. The number of halogens is 3. The molecule has 1 amide bonds. The Labute approximate surface area is 220 Å². The molecule has 1 fully saturated rings. The van der Waals surface area contributed by atoms with Crippen LogP contribution in [0, 0.1) is 17.5 Å². The van der Waals surface area contributed by atoms with E-state index >= 15 is 4.39 Å². The van der Waals surface area contributed by atoms with Gasteiger partial charge in [0.2, 0.25) is 11.9 Å². The highest BCUT2D eigenvalue weighted by Crippen LogP contribution is 2.35. The zero-order valence-corrected chi connectivity index (χ0v) is 21.2. The van der Waals surface area contributed by atoms with Gasteiger partial charge < -0.3 is 25.8 Å². The van der Waals surface area contributed by atoms with Gasteiger partial charge in [0.25, 0.3) is 0 Å². The molecule has 0 aliphatic carbocycles. The summed E-state index contributed by atoms with van der Waals surface area (Å²) in [5, 5.41) is 9.58. The second-order valence-corrected chi connectivity index (χ2v) is 9.64. The number of piperazine rings is 1. The van der Waals surface area contributed by atoms with Crippen molar-refractivity contribution in [3.05, 3.63) is 71.9 Å². The van der Waals surface area contributed by atoms with Gasteiger partial charge in [-0.1, -0.05) is 6.58 Å². The van der Waals surface area contributed by atoms with E-state index in [2.05, 4.69) is 49.3 Å². The summed E-state index contributed by atoms with van der Waals surface area (Å²) in [5.41, 5.74) is 1.03. The van der Waals surface area contributed by atoms with Crippen LogP contribution in [0.4, 0.5) is 47.7 Å². The van der Waals surface area contributed by atoms with Gasteiger partial charge in [0.1, 0.15) is 5.69 Å². The molecule has 12 heteroatoms. The second kappa shape index (κ2) is 10.7. The van der Waals surface area contributed by atoms with E-state index in [1.54, 1.807) is 11.4 Å². The molecule has 0 atom stereocenters. The van der Waals surface area contributed by atoms with Gasteiger partial charge in [0, 0.05) is 43.6 Å². The number of aromatic nitrogens is 2. The minimum Gasteiger partial charge on any atom is -0.369 e. The summed E-state index contributed by atoms with van der Waals surface area (Å²) >= 11 is 1.25. The summed E-state index contributed by atoms with van der Waals surface area (Å²) < 4.78 is 44.6. The van der Waals surface area contributed by atoms with Gasteiger partial charge in [0.15, 0.2) is 23.3 Å². The lowest BCUT2D eigenvalue weighted by atomic mass is 10.2. The van der Waals surface area contributed by atoms with Crippen LogP contribution in [0.2, 0.25) is 0 Å². The number of carbonyl (C=O) groups excluding carboxylic acids is 1. The predicted molar refractivity (Wildman–Crippen MR) is 145 cm³/mol. The molecule has 8 nitrogen and oxygen atoms in total. The standard InChI is InChI=1S/C26H24F3N7OS/c1-3-20(37)31-19-14-17(27)21(28)23(22(19)29)33-25-24-18(8-13-38-24)32-26(34-25)30-15-4-6-16(7-5-15)36-11-9-35(2)10-12-36/h3-8,13-14H,1,9-12H2,2H3,(H,31,37)(H2,30,32,33,34). The summed E-state index contributed by atoms with van der Waals surface area (Å²) in [6.07, 6.45) is 0.892. The van der Waals surface area contributed by atoms with Crippen molar-refractivity contribution in [3.63, 3.8) is 0 Å². The van der Waals surface area contributed by atoms with E-state index in [1.165, 1.54) is 11.3 Å². The van der Waals surface area contributed by atoms with Gasteiger partial charge in [0.05, 0.1) is 15.9 Å². The Hall–Kier alpha value is -4.16. The molecule has 0 radical (unpaired) electrons. The van der Waals surface area contributed by atoms with Crippen molar-refractivity contribution in [1.82, 2.24) is 14.9 Å². The van der Waals surface area contributed by atoms with Crippen LogP contribution in [0.25, 0.3) is 10.2 Å². The molecule has 1 aliphatic rings. The van der Waals surface area contributed by atoms with Gasteiger partial charge in [-0.05, 0) is 48.8 Å². The molecule has 3 heterocycles. The Morgan fingerprint density at radius 3 is 2.47 bits per heavy atom. The quantitative estimate of drug-likeness (QED) is 0.212. The summed E-state index contributed by atoms with van der Waals surface area (Å²) in [5.74, 6) is -4.49. The molecular formula is C26H24F3N7OS. The fraction of sp³-hybridized carbons (Fsp3) is 0.192. The van der Waals surface area contributed by atoms with E-state index in [0.29, 0.717) is 16.3 Å². The van der Waals surface area contributed by atoms with Crippen LogP contribution in [0.5, 0.6) is 0 Å². The van der Waals surface area contributed by atoms with Gasteiger partial charge in [-0.25, -0.2) is 18.2 Å². The SMILES string of the molecule is C=CC(=O)Nc1cc(F)c(F)c(Nc2nc(Nc3ccc(N4CCN(C)CC4)cc3)nc3ccsc23)c1F. The Bertz CT molecular complexity index is 1500. The number of carbonyl (C=O) groups is 1. The van der Waals surface area contributed by atoms with E-state index in [4.69, 9.17) is 0 Å². The van der Waals surface area contributed by atoms with Gasteiger partial charge in [-0.15, -0.1) is 11.3 Å². The molecule has 196 valence electrons. The Kier molecular flexibility index (Phi) is 7.16. The lowest BCUT2D eigenvalue weighted by Crippen LogP contribution is -2.44. The van der Waals surface area contributed by atoms with Crippen molar-refractivity contribution < 1.29 is 18.0 Å². The number of rotatable bonds is 7. The third-order valence-corrected chi connectivity index (χ3v) is 7.05. The fourth-order valence-electron chi connectivity index (χ4n) is 4.06. The van der Waals surface area contributed by atoms with Crippen LogP contribution in [0.15, 0.2) is 54.4 Å². The molecule has 0 saturated carbocycles. The molecule has 38 heavy (non-hydrogen) atoms. The van der Waals surface area contributed by atoms with E-state index in [-0.39, 0.29) is 11.8 Å². The summed E-state index contributed by atoms with van der Waals surface area (Å²) in [6.45, 7) is 7.17. The van der Waals surface area contributed by atoms with Crippen molar-refractivity contribution >= 4 is 62.0 Å². The first-order valence-electron chi connectivity index (χ1n) is 11.8. The average molecular weight is 540 g/mol. The summed E-state index contributed by atoms with van der Waals surface area (Å²) in [4.78, 5) is 25.1. The van der Waals surface area contributed by atoms with Crippen molar-refractivity contribution in [2.24, 2.45) is 0 Å².